The molecule has 2 aliphatic heterocycles. The zero-order chi connectivity index (χ0) is 35.6. The molecule has 49 heavy (non-hydrogen) atoms. The van der Waals surface area contributed by atoms with Crippen LogP contribution in [0.5, 0.6) is 0 Å². The van der Waals surface area contributed by atoms with Gasteiger partial charge >= 0.3 is 5.97 Å². The number of esters is 1. The van der Waals surface area contributed by atoms with Crippen molar-refractivity contribution in [3.05, 3.63) is 29.3 Å². The molecule has 11 nitrogen and oxygen atoms in total. The van der Waals surface area contributed by atoms with Crippen molar-refractivity contribution in [3.63, 3.8) is 0 Å². The van der Waals surface area contributed by atoms with E-state index in [1.165, 1.54) is 11.3 Å². The molecule has 2 saturated carbocycles. The Kier molecular flexibility index (Phi) is 11.5. The second-order valence-corrected chi connectivity index (χ2v) is 16.4. The lowest BCUT2D eigenvalue weighted by Crippen LogP contribution is -2.61. The number of rotatable bonds is 13. The van der Waals surface area contributed by atoms with Gasteiger partial charge in [0, 0.05) is 54.5 Å². The summed E-state index contributed by atoms with van der Waals surface area (Å²) in [5, 5.41) is 17.6. The summed E-state index contributed by atoms with van der Waals surface area (Å²) in [5.74, 6) is -1.25. The van der Waals surface area contributed by atoms with Crippen molar-refractivity contribution in [1.29, 1.82) is 0 Å². The van der Waals surface area contributed by atoms with Crippen LogP contribution in [-0.4, -0.2) is 83.0 Å². The Morgan fingerprint density at radius 1 is 1.12 bits per heavy atom. The number of aldehydes is 1. The molecule has 12 heteroatoms. The van der Waals surface area contributed by atoms with Crippen LogP contribution in [0.15, 0.2) is 24.3 Å². The minimum Gasteiger partial charge on any atom is -0.439 e. The highest BCUT2D eigenvalue weighted by molar-refractivity contribution is 6.31. The van der Waals surface area contributed by atoms with Crippen LogP contribution in [0.3, 0.4) is 0 Å². The van der Waals surface area contributed by atoms with Gasteiger partial charge < -0.3 is 29.8 Å². The molecule has 270 valence electrons. The van der Waals surface area contributed by atoms with E-state index in [2.05, 4.69) is 10.6 Å². The minimum absolute atomic E-state index is 0.00930. The molecule has 3 amide bonds. The summed E-state index contributed by atoms with van der Waals surface area (Å²) in [7, 11) is 0. The molecule has 2 saturated heterocycles. The van der Waals surface area contributed by atoms with E-state index < -0.39 is 46.6 Å². The predicted octanol–water partition coefficient (Wildman–Crippen LogP) is 4.52. The summed E-state index contributed by atoms with van der Waals surface area (Å²) < 4.78 is 6.12. The molecule has 0 radical (unpaired) electrons. The summed E-state index contributed by atoms with van der Waals surface area (Å²) in [6, 6.07) is 4.94. The lowest BCUT2D eigenvalue weighted by molar-refractivity contribution is -0.188. The average Bonchev–Trinajstić information content (AvgIpc) is 3.69. The van der Waals surface area contributed by atoms with Crippen LogP contribution in [0.2, 0.25) is 5.02 Å². The van der Waals surface area contributed by atoms with Crippen molar-refractivity contribution < 1.29 is 33.8 Å². The molecule has 5 rings (SSSR count). The largest absolute Gasteiger partial charge is 0.439 e. The molecule has 2 aliphatic carbocycles. The first kappa shape index (κ1) is 37.2. The summed E-state index contributed by atoms with van der Waals surface area (Å²) in [6.45, 7) is 7.84. The van der Waals surface area contributed by atoms with Crippen molar-refractivity contribution >= 4 is 47.3 Å². The Morgan fingerprint density at radius 2 is 1.84 bits per heavy atom. The molecule has 4 aliphatic rings. The number of carbonyl (C=O) groups excluding carboxylic acids is 5. The van der Waals surface area contributed by atoms with Gasteiger partial charge in [0.05, 0.1) is 0 Å². The lowest BCUT2D eigenvalue weighted by Gasteiger charge is -2.39. The Labute approximate surface area is 294 Å². The first-order valence-electron chi connectivity index (χ1n) is 18.0. The molecule has 3 N–H and O–H groups in total. The van der Waals surface area contributed by atoms with Crippen LogP contribution in [0.4, 0.5) is 5.69 Å². The second kappa shape index (κ2) is 15.1. The van der Waals surface area contributed by atoms with E-state index in [9.17, 15) is 29.1 Å². The Hall–Kier alpha value is -3.02. The topological polar surface area (TPSA) is 145 Å². The van der Waals surface area contributed by atoms with Crippen LogP contribution in [0.1, 0.15) is 105 Å². The third-order valence-electron chi connectivity index (χ3n) is 10.7. The number of amides is 3. The van der Waals surface area contributed by atoms with Gasteiger partial charge in [-0.2, -0.15) is 0 Å². The van der Waals surface area contributed by atoms with Gasteiger partial charge in [0.2, 0.25) is 17.7 Å². The number of aliphatic hydroxyl groups is 1. The monoisotopic (exact) mass is 700 g/mol. The quantitative estimate of drug-likeness (QED) is 0.155. The molecular weight excluding hydrogens is 648 g/mol. The smallest absolute Gasteiger partial charge is 0.330 e. The van der Waals surface area contributed by atoms with Crippen LogP contribution in [-0.2, 0) is 28.7 Å². The number of nitrogens with one attached hydrogen (secondary N) is 2. The zero-order valence-corrected chi connectivity index (χ0v) is 30.1. The highest BCUT2D eigenvalue weighted by Crippen LogP contribution is 2.46. The third-order valence-corrected chi connectivity index (χ3v) is 10.9. The maximum absolute atomic E-state index is 14.7. The fourth-order valence-corrected chi connectivity index (χ4v) is 8.14. The number of nitrogens with zero attached hydrogens (tertiary/aromatic N) is 2. The fraction of sp³-hybridized carbons (Fsp3) is 0.703. The van der Waals surface area contributed by atoms with E-state index in [1.807, 2.05) is 27.7 Å². The minimum atomic E-state index is -1.66. The summed E-state index contributed by atoms with van der Waals surface area (Å²) >= 11 is 6.26. The predicted molar refractivity (Wildman–Crippen MR) is 186 cm³/mol. The average molecular weight is 701 g/mol. The SMILES string of the molecule is CCC[C@](NC1CC1)(OC(=O)[C@@H]1C[C@@]2(CC(=O)N(c3cccc(Cl)c3)C2)CN1C(=O)[C@@H](NC(=O)CC1CCCCC1)C(C)(C)C)C(O)C=O. The standard InChI is InChI=1S/C37H53ClN4O7/c1-5-16-37(29(44)21-43,40-26-14-15-26)49-34(48)28-19-36(20-31(46)41(22-36)27-13-9-12-25(38)18-27)23-42(28)33(47)32(35(2,3)4)39-30(45)17-24-10-7-6-8-11-24/h9,12-13,18,21,24,26,28-29,32,40,44H,5-8,10-11,14-17,19-20,22-23H2,1-4H3,(H,39,45)/t28-,29?,32+,36-,37-/m0/s1. The van der Waals surface area contributed by atoms with Gasteiger partial charge in [-0.3, -0.25) is 19.7 Å². The molecule has 2 heterocycles. The highest BCUT2D eigenvalue weighted by Gasteiger charge is 2.57. The maximum Gasteiger partial charge on any atom is 0.330 e. The molecule has 4 fully saturated rings. The number of ether oxygens (including phenoxy) is 1. The van der Waals surface area contributed by atoms with Crippen molar-refractivity contribution in [2.24, 2.45) is 16.7 Å². The molecule has 0 aromatic heterocycles. The lowest BCUT2D eigenvalue weighted by atomic mass is 9.84. The fourth-order valence-electron chi connectivity index (χ4n) is 7.95. The van der Waals surface area contributed by atoms with Gasteiger partial charge in [-0.1, -0.05) is 71.0 Å². The number of aliphatic hydroxyl groups excluding tert-OH is 1. The van der Waals surface area contributed by atoms with Gasteiger partial charge in [0.1, 0.15) is 12.1 Å². The van der Waals surface area contributed by atoms with Gasteiger partial charge in [-0.05, 0) is 61.6 Å². The molecular formula is C37H53ClN4O7. The van der Waals surface area contributed by atoms with Gasteiger partial charge in [0.25, 0.3) is 0 Å². The highest BCUT2D eigenvalue weighted by atomic mass is 35.5. The van der Waals surface area contributed by atoms with E-state index >= 15 is 0 Å². The molecule has 5 atom stereocenters. The van der Waals surface area contributed by atoms with Crippen molar-refractivity contribution in [3.8, 4) is 0 Å². The van der Waals surface area contributed by atoms with Crippen LogP contribution < -0.4 is 15.5 Å². The number of likely N-dealkylation sites (tertiary alicyclic amines) is 1. The number of hydrogen-bond donors (Lipinski definition) is 3. The van der Waals surface area contributed by atoms with Crippen LogP contribution >= 0.6 is 11.6 Å². The molecule has 1 spiro atoms. The van der Waals surface area contributed by atoms with Crippen molar-refractivity contribution in [2.45, 2.75) is 135 Å². The molecule has 1 aromatic rings. The van der Waals surface area contributed by atoms with E-state index in [0.717, 1.165) is 38.5 Å². The van der Waals surface area contributed by atoms with Gasteiger partial charge in [-0.25, -0.2) is 4.79 Å². The zero-order valence-electron chi connectivity index (χ0n) is 29.3. The Balaban J connectivity index is 1.45. The number of anilines is 1. The Morgan fingerprint density at radius 3 is 2.45 bits per heavy atom. The van der Waals surface area contributed by atoms with Crippen LogP contribution in [0, 0.1) is 16.7 Å². The number of carbonyl (C=O) groups is 5. The summed E-state index contributed by atoms with van der Waals surface area (Å²) in [4.78, 5) is 71.0. The molecule has 0 bridgehead atoms. The van der Waals surface area contributed by atoms with E-state index in [4.69, 9.17) is 16.3 Å². The maximum atomic E-state index is 14.7. The summed E-state index contributed by atoms with van der Waals surface area (Å²) in [6.07, 6.45) is 7.00. The van der Waals surface area contributed by atoms with Gasteiger partial charge in [-0.15, -0.1) is 0 Å². The van der Waals surface area contributed by atoms with E-state index in [0.29, 0.717) is 29.8 Å². The summed E-state index contributed by atoms with van der Waals surface area (Å²) in [5.41, 5.74) is -2.51. The third kappa shape index (κ3) is 8.66. The Bertz CT molecular complexity index is 1410. The van der Waals surface area contributed by atoms with Crippen molar-refractivity contribution in [2.75, 3.05) is 18.0 Å². The first-order chi connectivity index (χ1) is 23.2. The number of benzene rings is 1. The molecule has 1 aromatic carbocycles. The first-order valence-corrected chi connectivity index (χ1v) is 18.4. The van der Waals surface area contributed by atoms with E-state index in [1.54, 1.807) is 29.2 Å². The van der Waals surface area contributed by atoms with Crippen molar-refractivity contribution in [1.82, 2.24) is 15.5 Å². The normalized spacial score (nSPS) is 25.6. The van der Waals surface area contributed by atoms with Crippen LogP contribution in [0.25, 0.3) is 0 Å². The number of halogens is 1. The molecule has 1 unspecified atom stereocenters. The second-order valence-electron chi connectivity index (χ2n) is 16.0. The van der Waals surface area contributed by atoms with Gasteiger partial charge in [0.15, 0.2) is 18.1 Å². The van der Waals surface area contributed by atoms with E-state index in [-0.39, 0.29) is 56.1 Å². The number of hydrogen-bond acceptors (Lipinski definition) is 8.